The Balaban J connectivity index is 2.01. The van der Waals surface area contributed by atoms with Crippen LogP contribution in [-0.2, 0) is 9.53 Å². The summed E-state index contributed by atoms with van der Waals surface area (Å²) in [6, 6.07) is 21.4. The standard InChI is InChI=1S/C25H18Cl2N4O4/c1-2-35-24(32)25(15-28)22(16-6-4-3-5-7-16)23(20-13-8-17(26)14-21(20)27)29-30(25)18-9-11-19(12-10-18)31(33)34/h3-14,22H,2H2,1H3. The van der Waals surface area contributed by atoms with E-state index in [-0.39, 0.29) is 12.3 Å². The van der Waals surface area contributed by atoms with Crippen LogP contribution in [-0.4, -0.2) is 28.8 Å². The lowest BCUT2D eigenvalue weighted by Gasteiger charge is -2.34. The molecule has 0 radical (unpaired) electrons. The molecule has 0 aromatic heterocycles. The minimum Gasteiger partial charge on any atom is -0.463 e. The van der Waals surface area contributed by atoms with Crippen molar-refractivity contribution in [2.24, 2.45) is 5.10 Å². The first-order valence-electron chi connectivity index (χ1n) is 10.6. The van der Waals surface area contributed by atoms with Gasteiger partial charge in [0.2, 0.25) is 0 Å². The van der Waals surface area contributed by atoms with Crippen molar-refractivity contribution in [3.05, 3.63) is 104 Å². The quantitative estimate of drug-likeness (QED) is 0.238. The highest BCUT2D eigenvalue weighted by molar-refractivity contribution is 6.37. The number of rotatable bonds is 6. The lowest BCUT2D eigenvalue weighted by atomic mass is 9.75. The summed E-state index contributed by atoms with van der Waals surface area (Å²) in [6.07, 6.45) is 0. The first-order chi connectivity index (χ1) is 16.8. The number of carbonyl (C=O) groups excluding carboxylic acids is 1. The Morgan fingerprint density at radius 2 is 1.86 bits per heavy atom. The van der Waals surface area contributed by atoms with Crippen molar-refractivity contribution in [2.45, 2.75) is 18.4 Å². The molecule has 0 aliphatic carbocycles. The molecule has 10 heteroatoms. The van der Waals surface area contributed by atoms with Crippen molar-refractivity contribution in [1.82, 2.24) is 0 Å². The molecule has 0 spiro atoms. The number of ether oxygens (including phenoxy) is 1. The minimum absolute atomic E-state index is 0.0366. The summed E-state index contributed by atoms with van der Waals surface area (Å²) in [5, 5.41) is 28.4. The van der Waals surface area contributed by atoms with Crippen LogP contribution in [0.1, 0.15) is 24.0 Å². The molecule has 0 fully saturated rings. The summed E-state index contributed by atoms with van der Waals surface area (Å²) in [5.41, 5.74) is -0.325. The van der Waals surface area contributed by atoms with Crippen LogP contribution in [0.25, 0.3) is 0 Å². The molecule has 2 unspecified atom stereocenters. The second-order valence-electron chi connectivity index (χ2n) is 7.64. The Kier molecular flexibility index (Phi) is 6.74. The number of nitro groups is 1. The molecule has 1 aliphatic heterocycles. The normalized spacial score (nSPS) is 19.1. The van der Waals surface area contributed by atoms with E-state index in [1.807, 2.05) is 6.07 Å². The Hall–Kier alpha value is -3.93. The molecule has 2 atom stereocenters. The number of benzene rings is 3. The molecule has 0 N–H and O–H groups in total. The van der Waals surface area contributed by atoms with Crippen LogP contribution in [0, 0.1) is 21.4 Å². The highest BCUT2D eigenvalue weighted by Gasteiger charge is 2.60. The van der Waals surface area contributed by atoms with Gasteiger partial charge in [0.05, 0.1) is 33.9 Å². The third-order valence-electron chi connectivity index (χ3n) is 5.64. The number of nitriles is 1. The highest BCUT2D eigenvalue weighted by atomic mass is 35.5. The van der Waals surface area contributed by atoms with Crippen LogP contribution in [0.2, 0.25) is 10.0 Å². The molecule has 0 amide bonds. The molecule has 0 bridgehead atoms. The first kappa shape index (κ1) is 24.2. The SMILES string of the molecule is CCOC(=O)C1(C#N)C(c2ccccc2)C(c2ccc(Cl)cc2Cl)=NN1c1ccc([N+](=O)[O-])cc1. The van der Waals surface area contributed by atoms with Gasteiger partial charge in [-0.05, 0) is 36.8 Å². The van der Waals surface area contributed by atoms with E-state index in [2.05, 4.69) is 6.07 Å². The van der Waals surface area contributed by atoms with Gasteiger partial charge in [0.1, 0.15) is 6.07 Å². The topological polar surface area (TPSA) is 109 Å². The highest BCUT2D eigenvalue weighted by Crippen LogP contribution is 2.46. The van der Waals surface area contributed by atoms with E-state index in [9.17, 15) is 20.2 Å². The van der Waals surface area contributed by atoms with Gasteiger partial charge in [-0.2, -0.15) is 10.4 Å². The number of anilines is 1. The lowest BCUT2D eigenvalue weighted by Crippen LogP contribution is -2.54. The third kappa shape index (κ3) is 4.20. The van der Waals surface area contributed by atoms with Gasteiger partial charge < -0.3 is 4.74 Å². The van der Waals surface area contributed by atoms with E-state index in [1.165, 1.54) is 29.3 Å². The second kappa shape index (κ2) is 9.74. The molecule has 3 aromatic carbocycles. The molecular weight excluding hydrogens is 491 g/mol. The summed E-state index contributed by atoms with van der Waals surface area (Å²) in [4.78, 5) is 24.2. The Morgan fingerprint density at radius 1 is 1.17 bits per heavy atom. The van der Waals surface area contributed by atoms with Crippen LogP contribution in [0.3, 0.4) is 0 Å². The number of hydrogen-bond donors (Lipinski definition) is 0. The molecule has 1 heterocycles. The predicted octanol–water partition coefficient (Wildman–Crippen LogP) is 5.74. The molecule has 3 aromatic rings. The van der Waals surface area contributed by atoms with Crippen LogP contribution in [0.5, 0.6) is 0 Å². The van der Waals surface area contributed by atoms with Crippen molar-refractivity contribution in [1.29, 1.82) is 5.26 Å². The van der Waals surface area contributed by atoms with E-state index in [0.29, 0.717) is 32.6 Å². The number of nitro benzene ring substituents is 1. The van der Waals surface area contributed by atoms with Crippen molar-refractivity contribution in [3.8, 4) is 6.07 Å². The minimum atomic E-state index is -1.95. The zero-order valence-corrected chi connectivity index (χ0v) is 19.9. The predicted molar refractivity (Wildman–Crippen MR) is 133 cm³/mol. The van der Waals surface area contributed by atoms with Crippen LogP contribution < -0.4 is 5.01 Å². The summed E-state index contributed by atoms with van der Waals surface area (Å²) >= 11 is 12.6. The van der Waals surface area contributed by atoms with E-state index in [0.717, 1.165) is 0 Å². The fourth-order valence-electron chi connectivity index (χ4n) is 4.10. The summed E-state index contributed by atoms with van der Waals surface area (Å²) < 4.78 is 5.38. The van der Waals surface area contributed by atoms with Crippen LogP contribution in [0.4, 0.5) is 11.4 Å². The van der Waals surface area contributed by atoms with Gasteiger partial charge >= 0.3 is 5.97 Å². The van der Waals surface area contributed by atoms with E-state index >= 15 is 0 Å². The van der Waals surface area contributed by atoms with Crippen molar-refractivity contribution in [3.63, 3.8) is 0 Å². The van der Waals surface area contributed by atoms with Gasteiger partial charge in [-0.1, -0.05) is 59.6 Å². The van der Waals surface area contributed by atoms with E-state index in [1.54, 1.807) is 49.4 Å². The maximum absolute atomic E-state index is 13.5. The summed E-state index contributed by atoms with van der Waals surface area (Å²) in [6.45, 7) is 1.68. The first-order valence-corrected chi connectivity index (χ1v) is 11.3. The van der Waals surface area contributed by atoms with Gasteiger partial charge in [0, 0.05) is 22.7 Å². The average molecular weight is 509 g/mol. The van der Waals surface area contributed by atoms with Crippen molar-refractivity contribution in [2.75, 3.05) is 11.6 Å². The largest absolute Gasteiger partial charge is 0.463 e. The molecule has 0 saturated heterocycles. The monoisotopic (exact) mass is 508 g/mol. The fraction of sp³-hybridized carbons (Fsp3) is 0.160. The van der Waals surface area contributed by atoms with Crippen molar-refractivity contribution < 1.29 is 14.5 Å². The number of nitrogens with zero attached hydrogens (tertiary/aromatic N) is 4. The third-order valence-corrected chi connectivity index (χ3v) is 6.18. The number of non-ortho nitro benzene ring substituents is 1. The lowest BCUT2D eigenvalue weighted by molar-refractivity contribution is -0.384. The van der Waals surface area contributed by atoms with E-state index in [4.69, 9.17) is 33.0 Å². The maximum Gasteiger partial charge on any atom is 0.350 e. The second-order valence-corrected chi connectivity index (χ2v) is 8.48. The molecule has 35 heavy (non-hydrogen) atoms. The molecular formula is C25H18Cl2N4O4. The molecule has 4 rings (SSSR count). The van der Waals surface area contributed by atoms with Crippen LogP contribution >= 0.6 is 23.2 Å². The molecule has 8 nitrogen and oxygen atoms in total. The van der Waals surface area contributed by atoms with Gasteiger partial charge in [0.15, 0.2) is 0 Å². The summed E-state index contributed by atoms with van der Waals surface area (Å²) in [7, 11) is 0. The van der Waals surface area contributed by atoms with Crippen molar-refractivity contribution >= 4 is 46.3 Å². The van der Waals surface area contributed by atoms with E-state index < -0.39 is 22.3 Å². The fourth-order valence-corrected chi connectivity index (χ4v) is 4.60. The number of carbonyl (C=O) groups is 1. The Morgan fingerprint density at radius 3 is 2.43 bits per heavy atom. The zero-order chi connectivity index (χ0) is 25.2. The smallest absolute Gasteiger partial charge is 0.350 e. The number of hydrazone groups is 1. The number of hydrogen-bond acceptors (Lipinski definition) is 7. The Bertz CT molecular complexity index is 1360. The molecule has 176 valence electrons. The maximum atomic E-state index is 13.5. The average Bonchev–Trinajstić information content (AvgIpc) is 3.20. The molecule has 0 saturated carbocycles. The van der Waals surface area contributed by atoms with Crippen LogP contribution in [0.15, 0.2) is 77.9 Å². The van der Waals surface area contributed by atoms with Gasteiger partial charge in [-0.3, -0.25) is 10.1 Å². The van der Waals surface area contributed by atoms with Gasteiger partial charge in [-0.25, -0.2) is 9.80 Å². The number of halogens is 2. The molecule has 1 aliphatic rings. The summed E-state index contributed by atoms with van der Waals surface area (Å²) in [5.74, 6) is -1.71. The number of esters is 1. The zero-order valence-electron chi connectivity index (χ0n) is 18.4. The van der Waals surface area contributed by atoms with Gasteiger partial charge in [0.25, 0.3) is 11.2 Å². The van der Waals surface area contributed by atoms with Gasteiger partial charge in [-0.15, -0.1) is 0 Å². The Labute approximate surface area is 211 Å².